The maximum Gasteiger partial charge on any atom is 0.270 e. The van der Waals surface area contributed by atoms with Crippen LogP contribution in [0.1, 0.15) is 34.9 Å². The number of rotatable bonds is 4. The van der Waals surface area contributed by atoms with E-state index in [0.717, 1.165) is 36.4 Å². The van der Waals surface area contributed by atoms with Gasteiger partial charge in [-0.15, -0.1) is 0 Å². The van der Waals surface area contributed by atoms with Crippen molar-refractivity contribution in [2.24, 2.45) is 0 Å². The number of hydrogen-bond donors (Lipinski definition) is 1. The normalized spacial score (nSPS) is 16.2. The van der Waals surface area contributed by atoms with Gasteiger partial charge in [-0.2, -0.15) is 4.73 Å². The average Bonchev–Trinajstić information content (AvgIpc) is 2.61. The molecule has 2 aromatic heterocycles. The van der Waals surface area contributed by atoms with Crippen LogP contribution in [0.25, 0.3) is 0 Å². The Labute approximate surface area is 135 Å². The van der Waals surface area contributed by atoms with E-state index in [1.807, 2.05) is 12.1 Å². The maximum atomic E-state index is 12.0. The van der Waals surface area contributed by atoms with E-state index in [4.69, 9.17) is 0 Å². The highest BCUT2D eigenvalue weighted by atomic mass is 16.5. The Hall–Kier alpha value is -2.47. The second kappa shape index (κ2) is 7.19. The van der Waals surface area contributed by atoms with E-state index < -0.39 is 0 Å². The number of pyridine rings is 2. The van der Waals surface area contributed by atoms with Crippen molar-refractivity contribution in [3.05, 3.63) is 65.4 Å². The van der Waals surface area contributed by atoms with Gasteiger partial charge in [-0.3, -0.25) is 14.7 Å². The Morgan fingerprint density at radius 2 is 2.04 bits per heavy atom. The number of amides is 1. The van der Waals surface area contributed by atoms with E-state index in [1.54, 1.807) is 36.7 Å². The largest absolute Gasteiger partial charge is 0.618 e. The molecule has 1 amide bonds. The lowest BCUT2D eigenvalue weighted by molar-refractivity contribution is -0.616. The van der Waals surface area contributed by atoms with Gasteiger partial charge in [0, 0.05) is 37.3 Å². The van der Waals surface area contributed by atoms with Crippen molar-refractivity contribution in [1.82, 2.24) is 15.2 Å². The van der Waals surface area contributed by atoms with Crippen LogP contribution in [0.4, 0.5) is 0 Å². The van der Waals surface area contributed by atoms with Gasteiger partial charge >= 0.3 is 0 Å². The molecule has 23 heavy (non-hydrogen) atoms. The van der Waals surface area contributed by atoms with Crippen LogP contribution in [0, 0.1) is 5.21 Å². The summed E-state index contributed by atoms with van der Waals surface area (Å²) in [6.45, 7) is 2.23. The molecule has 1 N–H and O–H groups in total. The minimum Gasteiger partial charge on any atom is -0.618 e. The Bertz CT molecular complexity index is 655. The second-order valence-electron chi connectivity index (χ2n) is 5.72. The lowest BCUT2D eigenvalue weighted by atomic mass is 9.93. The fraction of sp³-hybridized carbons (Fsp3) is 0.353. The molecule has 1 aliphatic rings. The van der Waals surface area contributed by atoms with Crippen LogP contribution in [0.2, 0.25) is 0 Å². The van der Waals surface area contributed by atoms with Crippen molar-refractivity contribution in [3.63, 3.8) is 0 Å². The SMILES string of the molecule is O=C(NCN1CCC(c2cccc[n+]2[O-])CC1)c1ccccn1. The molecule has 1 fully saturated rings. The first-order chi connectivity index (χ1) is 11.2. The number of likely N-dealkylation sites (tertiary alicyclic amines) is 1. The molecule has 0 unspecified atom stereocenters. The second-order valence-corrected chi connectivity index (χ2v) is 5.72. The number of piperidine rings is 1. The molecular formula is C17H20N4O2. The molecule has 2 aromatic rings. The monoisotopic (exact) mass is 312 g/mol. The molecule has 6 heteroatoms. The number of carbonyl (C=O) groups is 1. The fourth-order valence-corrected chi connectivity index (χ4v) is 2.92. The number of aromatic nitrogens is 2. The molecule has 3 heterocycles. The van der Waals surface area contributed by atoms with Crippen LogP contribution in [0.5, 0.6) is 0 Å². The zero-order valence-electron chi connectivity index (χ0n) is 12.9. The van der Waals surface area contributed by atoms with E-state index >= 15 is 0 Å². The van der Waals surface area contributed by atoms with Gasteiger partial charge < -0.3 is 10.5 Å². The molecule has 0 saturated carbocycles. The molecule has 120 valence electrons. The van der Waals surface area contributed by atoms with E-state index in [-0.39, 0.29) is 11.8 Å². The summed E-state index contributed by atoms with van der Waals surface area (Å²) in [4.78, 5) is 18.2. The summed E-state index contributed by atoms with van der Waals surface area (Å²) in [5.74, 6) is 0.129. The van der Waals surface area contributed by atoms with Crippen molar-refractivity contribution >= 4 is 5.91 Å². The summed E-state index contributed by atoms with van der Waals surface area (Å²) in [7, 11) is 0. The van der Waals surface area contributed by atoms with E-state index in [2.05, 4.69) is 15.2 Å². The van der Waals surface area contributed by atoms with Gasteiger partial charge in [0.1, 0.15) is 5.69 Å². The molecule has 0 bridgehead atoms. The molecule has 0 radical (unpaired) electrons. The first kappa shape index (κ1) is 15.4. The standard InChI is InChI=1S/C17H20N4O2/c22-17(15-5-1-3-9-18-15)19-13-20-11-7-14(8-12-20)16-6-2-4-10-21(16)23/h1-6,9-10,14H,7-8,11-13H2,(H,19,22). The van der Waals surface area contributed by atoms with Crippen LogP contribution >= 0.6 is 0 Å². The summed E-state index contributed by atoms with van der Waals surface area (Å²) >= 11 is 0. The predicted molar refractivity (Wildman–Crippen MR) is 85.5 cm³/mol. The molecule has 1 saturated heterocycles. The molecule has 0 atom stereocenters. The van der Waals surface area contributed by atoms with Gasteiger partial charge in [0.2, 0.25) is 0 Å². The highest BCUT2D eigenvalue weighted by Gasteiger charge is 2.25. The summed E-state index contributed by atoms with van der Waals surface area (Å²) in [5, 5.41) is 14.7. The highest BCUT2D eigenvalue weighted by molar-refractivity contribution is 5.92. The van der Waals surface area contributed by atoms with Gasteiger partial charge in [0.25, 0.3) is 5.91 Å². The van der Waals surface area contributed by atoms with Crippen molar-refractivity contribution in [2.75, 3.05) is 19.8 Å². The Balaban J connectivity index is 1.48. The van der Waals surface area contributed by atoms with E-state index in [9.17, 15) is 10.0 Å². The quantitative estimate of drug-likeness (QED) is 0.682. The van der Waals surface area contributed by atoms with Gasteiger partial charge in [0.05, 0.1) is 6.67 Å². The van der Waals surface area contributed by atoms with Crippen LogP contribution in [0.3, 0.4) is 0 Å². The zero-order chi connectivity index (χ0) is 16.1. The molecule has 3 rings (SSSR count). The van der Waals surface area contributed by atoms with Crippen LogP contribution in [0.15, 0.2) is 48.8 Å². The maximum absolute atomic E-state index is 12.0. The lowest BCUT2D eigenvalue weighted by Crippen LogP contribution is -2.43. The fourth-order valence-electron chi connectivity index (χ4n) is 2.92. The third-order valence-electron chi connectivity index (χ3n) is 4.22. The summed E-state index contributed by atoms with van der Waals surface area (Å²) in [6, 6.07) is 10.8. The Kier molecular flexibility index (Phi) is 4.83. The number of hydrogen-bond acceptors (Lipinski definition) is 4. The van der Waals surface area contributed by atoms with Crippen molar-refractivity contribution in [3.8, 4) is 0 Å². The molecular weight excluding hydrogens is 292 g/mol. The molecule has 0 spiro atoms. The van der Waals surface area contributed by atoms with Crippen molar-refractivity contribution in [2.45, 2.75) is 18.8 Å². The summed E-state index contributed by atoms with van der Waals surface area (Å²) in [5.41, 5.74) is 1.27. The zero-order valence-corrected chi connectivity index (χ0v) is 12.9. The minimum absolute atomic E-state index is 0.159. The van der Waals surface area contributed by atoms with Crippen molar-refractivity contribution in [1.29, 1.82) is 0 Å². The van der Waals surface area contributed by atoms with E-state index in [1.165, 1.54) is 0 Å². The molecule has 6 nitrogen and oxygen atoms in total. The topological polar surface area (TPSA) is 72.2 Å². The average molecular weight is 312 g/mol. The molecule has 1 aliphatic heterocycles. The number of nitrogens with zero attached hydrogens (tertiary/aromatic N) is 3. The smallest absolute Gasteiger partial charge is 0.270 e. The molecule has 0 aliphatic carbocycles. The number of nitrogens with one attached hydrogen (secondary N) is 1. The predicted octanol–water partition coefficient (Wildman–Crippen LogP) is 1.28. The summed E-state index contributed by atoms with van der Waals surface area (Å²) < 4.78 is 0.961. The van der Waals surface area contributed by atoms with Gasteiger partial charge in [-0.25, -0.2) is 0 Å². The van der Waals surface area contributed by atoms with E-state index in [0.29, 0.717) is 12.4 Å². The van der Waals surface area contributed by atoms with Crippen LogP contribution < -0.4 is 10.0 Å². The van der Waals surface area contributed by atoms with Crippen molar-refractivity contribution < 1.29 is 9.52 Å². The first-order valence-corrected chi connectivity index (χ1v) is 7.84. The summed E-state index contributed by atoms with van der Waals surface area (Å²) in [6.07, 6.45) is 5.00. The Morgan fingerprint density at radius 1 is 1.26 bits per heavy atom. The first-order valence-electron chi connectivity index (χ1n) is 7.84. The molecule has 0 aromatic carbocycles. The lowest BCUT2D eigenvalue weighted by Gasteiger charge is -2.30. The third kappa shape index (κ3) is 3.84. The van der Waals surface area contributed by atoms with Crippen LogP contribution in [-0.2, 0) is 0 Å². The van der Waals surface area contributed by atoms with Gasteiger partial charge in [0.15, 0.2) is 11.9 Å². The minimum atomic E-state index is -0.159. The Morgan fingerprint density at radius 3 is 2.74 bits per heavy atom. The highest BCUT2D eigenvalue weighted by Crippen LogP contribution is 2.25. The number of carbonyl (C=O) groups excluding carboxylic acids is 1. The van der Waals surface area contributed by atoms with Gasteiger partial charge in [-0.05, 0) is 25.0 Å². The third-order valence-corrected chi connectivity index (χ3v) is 4.22. The van der Waals surface area contributed by atoms with Crippen LogP contribution in [-0.4, -0.2) is 35.5 Å². The van der Waals surface area contributed by atoms with Gasteiger partial charge in [-0.1, -0.05) is 12.1 Å².